The van der Waals surface area contributed by atoms with E-state index in [9.17, 15) is 0 Å². The molecule has 120 valence electrons. The number of hydrogen-bond acceptors (Lipinski definition) is 3. The van der Waals surface area contributed by atoms with E-state index in [2.05, 4.69) is 59.1 Å². The Morgan fingerprint density at radius 3 is 2.83 bits per heavy atom. The van der Waals surface area contributed by atoms with Crippen LogP contribution in [-0.2, 0) is 7.05 Å². The highest BCUT2D eigenvalue weighted by molar-refractivity contribution is 7.16. The molecule has 1 atom stereocenters. The van der Waals surface area contributed by atoms with Crippen LogP contribution in [0.5, 0.6) is 0 Å². The Morgan fingerprint density at radius 2 is 1.96 bits per heavy atom. The molecule has 1 unspecified atom stereocenters. The summed E-state index contributed by atoms with van der Waals surface area (Å²) in [5, 5.41) is 9.14. The molecule has 4 heteroatoms. The lowest BCUT2D eigenvalue weighted by atomic mass is 9.66. The number of thiazole rings is 1. The van der Waals surface area contributed by atoms with Gasteiger partial charge in [0.05, 0.1) is 15.9 Å². The SMILES string of the molecule is Cn1/c(=N/N=C2/C=C3CCCCC3(C)CC2)sc2ccccc21. The summed E-state index contributed by atoms with van der Waals surface area (Å²) in [6.45, 7) is 2.43. The first kappa shape index (κ1) is 14.9. The summed E-state index contributed by atoms with van der Waals surface area (Å²) in [7, 11) is 2.06. The first-order valence-electron chi connectivity index (χ1n) is 8.52. The lowest BCUT2D eigenvalue weighted by Gasteiger charge is -2.39. The summed E-state index contributed by atoms with van der Waals surface area (Å²) < 4.78 is 3.39. The molecule has 2 aromatic rings. The fourth-order valence-corrected chi connectivity index (χ4v) is 4.84. The number of aryl methyl sites for hydroxylation is 1. The number of hydrogen-bond donors (Lipinski definition) is 0. The Kier molecular flexibility index (Phi) is 3.72. The predicted octanol–water partition coefficient (Wildman–Crippen LogP) is 4.80. The highest BCUT2D eigenvalue weighted by atomic mass is 32.1. The van der Waals surface area contributed by atoms with Gasteiger partial charge in [-0.15, -0.1) is 5.10 Å². The van der Waals surface area contributed by atoms with Gasteiger partial charge in [-0.3, -0.25) is 0 Å². The molecule has 0 saturated heterocycles. The van der Waals surface area contributed by atoms with Gasteiger partial charge in [-0.2, -0.15) is 5.10 Å². The molecule has 1 aromatic heterocycles. The van der Waals surface area contributed by atoms with Crippen molar-refractivity contribution in [1.29, 1.82) is 0 Å². The number of rotatable bonds is 1. The number of fused-ring (bicyclic) bond motifs is 2. The largest absolute Gasteiger partial charge is 0.318 e. The van der Waals surface area contributed by atoms with E-state index < -0.39 is 0 Å². The van der Waals surface area contributed by atoms with Crippen molar-refractivity contribution in [2.75, 3.05) is 0 Å². The molecule has 1 aromatic carbocycles. The molecule has 1 heterocycles. The van der Waals surface area contributed by atoms with Gasteiger partial charge in [0.25, 0.3) is 0 Å². The number of aromatic nitrogens is 1. The molecule has 0 amide bonds. The summed E-state index contributed by atoms with van der Waals surface area (Å²) in [5.41, 5.74) is 4.40. The molecule has 0 N–H and O–H groups in total. The summed E-state index contributed by atoms with van der Waals surface area (Å²) in [6.07, 6.45) is 9.91. The molecule has 3 nitrogen and oxygen atoms in total. The Labute approximate surface area is 141 Å². The van der Waals surface area contributed by atoms with Crippen molar-refractivity contribution in [3.63, 3.8) is 0 Å². The van der Waals surface area contributed by atoms with Crippen LogP contribution in [0.3, 0.4) is 0 Å². The van der Waals surface area contributed by atoms with E-state index in [0.29, 0.717) is 5.41 Å². The third kappa shape index (κ3) is 2.69. The van der Waals surface area contributed by atoms with E-state index in [1.807, 2.05) is 0 Å². The number of benzene rings is 1. The molecule has 2 aliphatic carbocycles. The van der Waals surface area contributed by atoms with Crippen LogP contribution in [0.1, 0.15) is 45.4 Å². The van der Waals surface area contributed by atoms with Crippen molar-refractivity contribution in [3.05, 3.63) is 40.7 Å². The van der Waals surface area contributed by atoms with Crippen molar-refractivity contribution in [2.24, 2.45) is 22.7 Å². The normalized spacial score (nSPS) is 27.3. The topological polar surface area (TPSA) is 29.6 Å². The predicted molar refractivity (Wildman–Crippen MR) is 97.7 cm³/mol. The van der Waals surface area contributed by atoms with Gasteiger partial charge in [0.1, 0.15) is 0 Å². The van der Waals surface area contributed by atoms with Gasteiger partial charge < -0.3 is 4.57 Å². The van der Waals surface area contributed by atoms with E-state index in [1.54, 1.807) is 16.9 Å². The van der Waals surface area contributed by atoms with Crippen LogP contribution >= 0.6 is 11.3 Å². The highest BCUT2D eigenvalue weighted by Gasteiger charge is 2.34. The van der Waals surface area contributed by atoms with Gasteiger partial charge in [-0.1, -0.05) is 42.4 Å². The van der Waals surface area contributed by atoms with Crippen molar-refractivity contribution in [1.82, 2.24) is 4.57 Å². The zero-order valence-corrected chi connectivity index (χ0v) is 14.7. The van der Waals surface area contributed by atoms with Crippen LogP contribution in [0.25, 0.3) is 10.2 Å². The van der Waals surface area contributed by atoms with Crippen molar-refractivity contribution in [3.8, 4) is 0 Å². The summed E-state index contributed by atoms with van der Waals surface area (Å²) in [5.74, 6) is 0. The first-order chi connectivity index (χ1) is 11.2. The van der Waals surface area contributed by atoms with E-state index in [-0.39, 0.29) is 0 Å². The number of nitrogens with zero attached hydrogens (tertiary/aromatic N) is 3. The second-order valence-corrected chi connectivity index (χ2v) is 8.05. The molecule has 2 aliphatic rings. The minimum absolute atomic E-state index is 0.430. The number of para-hydroxylation sites is 1. The zero-order valence-electron chi connectivity index (χ0n) is 13.9. The molecule has 0 spiro atoms. The quantitative estimate of drug-likeness (QED) is 0.674. The molecule has 0 aliphatic heterocycles. The van der Waals surface area contributed by atoms with Crippen molar-refractivity contribution in [2.45, 2.75) is 45.4 Å². The monoisotopic (exact) mass is 325 g/mol. The Morgan fingerprint density at radius 1 is 1.09 bits per heavy atom. The maximum atomic E-state index is 4.59. The van der Waals surface area contributed by atoms with Crippen molar-refractivity contribution >= 4 is 27.3 Å². The Balaban J connectivity index is 1.70. The molecule has 0 radical (unpaired) electrons. The van der Waals surface area contributed by atoms with Gasteiger partial charge in [-0.05, 0) is 55.7 Å². The van der Waals surface area contributed by atoms with Gasteiger partial charge in [0.2, 0.25) is 4.80 Å². The maximum absolute atomic E-state index is 4.59. The maximum Gasteiger partial charge on any atom is 0.211 e. The molecule has 23 heavy (non-hydrogen) atoms. The van der Waals surface area contributed by atoms with Crippen LogP contribution in [-0.4, -0.2) is 10.3 Å². The van der Waals surface area contributed by atoms with E-state index in [1.165, 1.54) is 42.3 Å². The molecule has 4 rings (SSSR count). The fraction of sp³-hybridized carbons (Fsp3) is 0.474. The molecular weight excluding hydrogens is 302 g/mol. The molecule has 1 fully saturated rings. The standard InChI is InChI=1S/C19H23N3S/c1-19-11-6-5-7-14(19)13-15(10-12-19)20-21-18-22(2)16-8-3-4-9-17(16)23-18/h3-4,8-9,13H,5-7,10-12H2,1-2H3/b20-15+,21-18-. The summed E-state index contributed by atoms with van der Waals surface area (Å²) >= 11 is 1.70. The van der Waals surface area contributed by atoms with Gasteiger partial charge in [0, 0.05) is 7.05 Å². The first-order valence-corrected chi connectivity index (χ1v) is 9.34. The van der Waals surface area contributed by atoms with Gasteiger partial charge >= 0.3 is 0 Å². The van der Waals surface area contributed by atoms with Crippen LogP contribution in [0.4, 0.5) is 0 Å². The Bertz CT molecular complexity index is 868. The number of allylic oxidation sites excluding steroid dienone is 2. The van der Waals surface area contributed by atoms with Gasteiger partial charge in [-0.25, -0.2) is 0 Å². The third-order valence-corrected chi connectivity index (χ3v) is 6.56. The van der Waals surface area contributed by atoms with E-state index in [0.717, 1.165) is 16.9 Å². The Hall–Kier alpha value is -1.68. The average molecular weight is 325 g/mol. The van der Waals surface area contributed by atoms with E-state index >= 15 is 0 Å². The average Bonchev–Trinajstić information content (AvgIpc) is 2.89. The minimum Gasteiger partial charge on any atom is -0.318 e. The lowest BCUT2D eigenvalue weighted by Crippen LogP contribution is -2.28. The fourth-order valence-electron chi connectivity index (χ4n) is 3.87. The third-order valence-electron chi connectivity index (χ3n) is 5.45. The smallest absolute Gasteiger partial charge is 0.211 e. The van der Waals surface area contributed by atoms with Crippen LogP contribution < -0.4 is 4.80 Å². The molecule has 0 bridgehead atoms. The van der Waals surface area contributed by atoms with Crippen LogP contribution in [0.2, 0.25) is 0 Å². The minimum atomic E-state index is 0.430. The van der Waals surface area contributed by atoms with Crippen LogP contribution in [0.15, 0.2) is 46.1 Å². The van der Waals surface area contributed by atoms with Gasteiger partial charge in [0.15, 0.2) is 0 Å². The van der Waals surface area contributed by atoms with Crippen LogP contribution in [0, 0.1) is 5.41 Å². The second kappa shape index (κ2) is 5.75. The molecular formula is C19H23N3S. The molecule has 1 saturated carbocycles. The summed E-state index contributed by atoms with van der Waals surface area (Å²) in [4.78, 5) is 0.967. The van der Waals surface area contributed by atoms with E-state index in [4.69, 9.17) is 0 Å². The lowest BCUT2D eigenvalue weighted by molar-refractivity contribution is 0.281. The highest BCUT2D eigenvalue weighted by Crippen LogP contribution is 2.46. The second-order valence-electron chi connectivity index (χ2n) is 7.04. The van der Waals surface area contributed by atoms with Crippen molar-refractivity contribution < 1.29 is 0 Å². The summed E-state index contributed by atoms with van der Waals surface area (Å²) in [6, 6.07) is 8.42. The zero-order chi connectivity index (χ0) is 15.9.